The fraction of sp³-hybridized carbons (Fsp3) is 0.944. The Balaban J connectivity index is 3.05. The molecule has 0 aromatic carbocycles. The summed E-state index contributed by atoms with van der Waals surface area (Å²) in [5.41, 5.74) is 0. The van der Waals surface area contributed by atoms with Crippen LogP contribution < -0.4 is 0 Å². The van der Waals surface area contributed by atoms with Crippen molar-refractivity contribution in [3.63, 3.8) is 0 Å². The minimum Gasteiger partial charge on any atom is -0.379 e. The highest BCUT2D eigenvalue weighted by Crippen LogP contribution is 2.13. The molecule has 0 aliphatic rings. The molecule has 0 fully saturated rings. The first-order chi connectivity index (χ1) is 18.9. The lowest BCUT2D eigenvalue weighted by Gasteiger charge is -2.06. The maximum Gasteiger partial charge on any atom is 0.0700 e. The molecule has 228 valence electrons. The Morgan fingerprint density at radius 3 is 0.868 bits per heavy atom. The van der Waals surface area contributed by atoms with Gasteiger partial charge in [0.1, 0.15) is 0 Å². The van der Waals surface area contributed by atoms with E-state index in [0.29, 0.717) is 0 Å². The van der Waals surface area contributed by atoms with E-state index in [1.54, 1.807) is 0 Å². The van der Waals surface area contributed by atoms with Crippen LogP contribution in [0.3, 0.4) is 0 Å². The molecule has 2 nitrogen and oxygen atoms in total. The van der Waals surface area contributed by atoms with Gasteiger partial charge in [0.05, 0.1) is 13.2 Å². The van der Waals surface area contributed by atoms with E-state index in [4.69, 9.17) is 9.47 Å². The summed E-state index contributed by atoms with van der Waals surface area (Å²) in [6.07, 6.45) is 43.6. The van der Waals surface area contributed by atoms with Gasteiger partial charge in [-0.2, -0.15) is 0 Å². The topological polar surface area (TPSA) is 18.5 Å². The fourth-order valence-electron chi connectivity index (χ4n) is 5.17. The second kappa shape index (κ2) is 36.7. The van der Waals surface area contributed by atoms with E-state index < -0.39 is 0 Å². The molecule has 0 aromatic rings. The normalized spacial score (nSPS) is 11.7. The number of hydrogen-bond donors (Lipinski definition) is 0. The quantitative estimate of drug-likeness (QED) is 0.0601. The van der Waals surface area contributed by atoms with E-state index in [-0.39, 0.29) is 0 Å². The van der Waals surface area contributed by atoms with Crippen LogP contribution >= 0.6 is 0 Å². The van der Waals surface area contributed by atoms with Crippen LogP contribution in [0.15, 0.2) is 12.2 Å². The van der Waals surface area contributed by atoms with Crippen LogP contribution in [0.25, 0.3) is 0 Å². The molecule has 0 unspecified atom stereocenters. The largest absolute Gasteiger partial charge is 0.379 e. The van der Waals surface area contributed by atoms with Gasteiger partial charge in [0, 0.05) is 13.2 Å². The van der Waals surface area contributed by atoms with Crippen molar-refractivity contribution in [2.45, 2.75) is 194 Å². The van der Waals surface area contributed by atoms with Crippen molar-refractivity contribution < 1.29 is 9.47 Å². The van der Waals surface area contributed by atoms with Crippen molar-refractivity contribution in [3.05, 3.63) is 12.2 Å². The molecule has 38 heavy (non-hydrogen) atoms. The molecule has 0 heterocycles. The van der Waals surface area contributed by atoms with Gasteiger partial charge < -0.3 is 9.47 Å². The van der Waals surface area contributed by atoms with Gasteiger partial charge in [0.25, 0.3) is 0 Å². The zero-order valence-electron chi connectivity index (χ0n) is 26.6. The van der Waals surface area contributed by atoms with Gasteiger partial charge in [-0.15, -0.1) is 0 Å². The van der Waals surface area contributed by atoms with Gasteiger partial charge in [-0.25, -0.2) is 0 Å². The summed E-state index contributed by atoms with van der Waals surface area (Å²) in [5, 5.41) is 0. The summed E-state index contributed by atoms with van der Waals surface area (Å²) >= 11 is 0. The van der Waals surface area contributed by atoms with E-state index >= 15 is 0 Å². The number of rotatable bonds is 34. The Kier molecular flexibility index (Phi) is 36.3. The number of hydrogen-bond acceptors (Lipinski definition) is 2. The SMILES string of the molecule is CCCCCCCC/C=C\CCCCCCCCOCCOCCCCCCCCCCCCCCCC. The molecular formula is C36H72O2. The lowest BCUT2D eigenvalue weighted by Crippen LogP contribution is -2.06. The first-order valence-corrected chi connectivity index (χ1v) is 17.7. The second-order valence-electron chi connectivity index (χ2n) is 11.8. The Labute approximate surface area is 241 Å². The van der Waals surface area contributed by atoms with Gasteiger partial charge in [-0.1, -0.05) is 167 Å². The third-order valence-electron chi connectivity index (χ3n) is 7.81. The highest BCUT2D eigenvalue weighted by Gasteiger charge is 1.96. The summed E-state index contributed by atoms with van der Waals surface area (Å²) in [7, 11) is 0. The van der Waals surface area contributed by atoms with Crippen LogP contribution in [0.4, 0.5) is 0 Å². The van der Waals surface area contributed by atoms with Gasteiger partial charge in [-0.3, -0.25) is 0 Å². The molecule has 0 saturated heterocycles. The highest BCUT2D eigenvalue weighted by atomic mass is 16.5. The molecule has 0 rings (SSSR count). The molecule has 0 spiro atoms. The predicted octanol–water partition coefficient (Wildman–Crippen LogP) is 12.5. The van der Waals surface area contributed by atoms with Crippen molar-refractivity contribution in [2.24, 2.45) is 0 Å². The third-order valence-corrected chi connectivity index (χ3v) is 7.81. The van der Waals surface area contributed by atoms with Crippen LogP contribution in [0, 0.1) is 0 Å². The molecule has 0 aromatic heterocycles. The minimum atomic E-state index is 0.768. The smallest absolute Gasteiger partial charge is 0.0700 e. The Morgan fingerprint density at radius 2 is 0.553 bits per heavy atom. The van der Waals surface area contributed by atoms with Crippen molar-refractivity contribution in [1.29, 1.82) is 0 Å². The predicted molar refractivity (Wildman–Crippen MR) is 171 cm³/mol. The third kappa shape index (κ3) is 35.7. The van der Waals surface area contributed by atoms with Crippen LogP contribution in [0.5, 0.6) is 0 Å². The van der Waals surface area contributed by atoms with Crippen molar-refractivity contribution in [1.82, 2.24) is 0 Å². The molecule has 0 bridgehead atoms. The standard InChI is InChI=1S/C36H72O2/c1-3-5-7-9-11-13-15-17-19-20-22-24-26-28-30-32-34-38-36-35-37-33-31-29-27-25-23-21-18-16-14-12-10-8-6-4-2/h17,19H,3-16,18,20-36H2,1-2H3/b19-17-. The molecule has 0 saturated carbocycles. The molecule has 0 N–H and O–H groups in total. The van der Waals surface area contributed by atoms with Gasteiger partial charge in [0.2, 0.25) is 0 Å². The molecule has 0 aliphatic heterocycles. The van der Waals surface area contributed by atoms with Crippen LogP contribution in [0.1, 0.15) is 194 Å². The Morgan fingerprint density at radius 1 is 0.289 bits per heavy atom. The first kappa shape index (κ1) is 37.7. The second-order valence-corrected chi connectivity index (χ2v) is 11.8. The number of unbranched alkanes of at least 4 members (excludes halogenated alkanes) is 25. The first-order valence-electron chi connectivity index (χ1n) is 17.7. The van der Waals surface area contributed by atoms with E-state index in [0.717, 1.165) is 26.4 Å². The average Bonchev–Trinajstić information content (AvgIpc) is 2.93. The van der Waals surface area contributed by atoms with Crippen LogP contribution in [0.2, 0.25) is 0 Å². The summed E-state index contributed by atoms with van der Waals surface area (Å²) in [6.45, 7) is 7.94. The van der Waals surface area contributed by atoms with Gasteiger partial charge >= 0.3 is 0 Å². The molecule has 0 atom stereocenters. The average molecular weight is 537 g/mol. The maximum absolute atomic E-state index is 5.74. The lowest BCUT2D eigenvalue weighted by molar-refractivity contribution is 0.0448. The summed E-state index contributed by atoms with van der Waals surface area (Å²) in [5.74, 6) is 0. The van der Waals surface area contributed by atoms with E-state index in [9.17, 15) is 0 Å². The van der Waals surface area contributed by atoms with E-state index in [2.05, 4.69) is 26.0 Å². The van der Waals surface area contributed by atoms with Crippen LogP contribution in [-0.4, -0.2) is 26.4 Å². The Bertz CT molecular complexity index is 420. The van der Waals surface area contributed by atoms with Crippen molar-refractivity contribution in [2.75, 3.05) is 26.4 Å². The summed E-state index contributed by atoms with van der Waals surface area (Å²) in [6, 6.07) is 0. The van der Waals surface area contributed by atoms with E-state index in [1.807, 2.05) is 0 Å². The molecule has 0 radical (unpaired) electrons. The molecule has 0 aliphatic carbocycles. The monoisotopic (exact) mass is 537 g/mol. The van der Waals surface area contributed by atoms with Gasteiger partial charge in [0.15, 0.2) is 0 Å². The van der Waals surface area contributed by atoms with Crippen molar-refractivity contribution >= 4 is 0 Å². The summed E-state index contributed by atoms with van der Waals surface area (Å²) in [4.78, 5) is 0. The van der Waals surface area contributed by atoms with E-state index in [1.165, 1.54) is 180 Å². The number of allylic oxidation sites excluding steroid dienone is 2. The molecular weight excluding hydrogens is 464 g/mol. The zero-order chi connectivity index (χ0) is 27.5. The highest BCUT2D eigenvalue weighted by molar-refractivity contribution is 4.81. The maximum atomic E-state index is 5.74. The Hall–Kier alpha value is -0.340. The lowest BCUT2D eigenvalue weighted by atomic mass is 10.0. The zero-order valence-corrected chi connectivity index (χ0v) is 26.6. The summed E-state index contributed by atoms with van der Waals surface area (Å²) < 4.78 is 11.5. The number of ether oxygens (including phenoxy) is 2. The molecule has 2 heteroatoms. The van der Waals surface area contributed by atoms with Crippen molar-refractivity contribution in [3.8, 4) is 0 Å². The minimum absolute atomic E-state index is 0.768. The molecule has 0 amide bonds. The van der Waals surface area contributed by atoms with Gasteiger partial charge in [-0.05, 0) is 38.5 Å². The fourth-order valence-corrected chi connectivity index (χ4v) is 5.17. The van der Waals surface area contributed by atoms with Crippen LogP contribution in [-0.2, 0) is 9.47 Å².